The Balaban J connectivity index is 2.00. The molecule has 0 N–H and O–H groups in total. The number of amides is 2. The molecule has 1 heterocycles. The number of carbonyl (C=O) groups excluding carboxylic acids is 4. The van der Waals surface area contributed by atoms with Crippen molar-refractivity contribution in [2.45, 2.75) is 13.8 Å². The second kappa shape index (κ2) is 9.71. The second-order valence-corrected chi connectivity index (χ2v) is 6.51. The first kappa shape index (κ1) is 21.8. The normalized spacial score (nSPS) is 12.3. The lowest BCUT2D eigenvalue weighted by Crippen LogP contribution is -2.39. The van der Waals surface area contributed by atoms with Crippen molar-refractivity contribution in [3.8, 4) is 0 Å². The van der Waals surface area contributed by atoms with Crippen molar-refractivity contribution in [1.82, 2.24) is 4.90 Å². The van der Waals surface area contributed by atoms with Crippen LogP contribution in [0, 0.1) is 0 Å². The fourth-order valence-electron chi connectivity index (χ4n) is 3.10. The molecule has 1 aliphatic heterocycles. The average Bonchev–Trinajstić information content (AvgIpc) is 3.02. The van der Waals surface area contributed by atoms with Crippen molar-refractivity contribution >= 4 is 29.4 Å². The second-order valence-electron chi connectivity index (χ2n) is 6.51. The standard InChI is InChI=1S/C23H22N2O6/c1-3-30-22(28)19(23(29)31-4-2)14-24(16-10-6-5-7-11-16)15-25-20(26)17-12-8-9-13-18(17)21(25)27/h5-14H,3-4,15H2,1-2H3. The molecule has 2 aromatic carbocycles. The summed E-state index contributed by atoms with van der Waals surface area (Å²) < 4.78 is 9.98. The number of fused-ring (bicyclic) bond motifs is 1. The molecule has 0 spiro atoms. The van der Waals surface area contributed by atoms with Gasteiger partial charge in [0, 0.05) is 11.9 Å². The van der Waals surface area contributed by atoms with E-state index in [1.807, 2.05) is 0 Å². The summed E-state index contributed by atoms with van der Waals surface area (Å²) in [6, 6.07) is 15.3. The van der Waals surface area contributed by atoms with Gasteiger partial charge in [-0.3, -0.25) is 14.5 Å². The van der Waals surface area contributed by atoms with Gasteiger partial charge in [-0.2, -0.15) is 0 Å². The lowest BCUT2D eigenvalue weighted by Gasteiger charge is -2.26. The highest BCUT2D eigenvalue weighted by atomic mass is 16.6. The van der Waals surface area contributed by atoms with E-state index in [1.54, 1.807) is 68.4 Å². The number of rotatable bonds is 8. The molecule has 8 nitrogen and oxygen atoms in total. The molecule has 0 saturated carbocycles. The van der Waals surface area contributed by atoms with E-state index >= 15 is 0 Å². The van der Waals surface area contributed by atoms with Gasteiger partial charge < -0.3 is 14.4 Å². The van der Waals surface area contributed by atoms with E-state index in [9.17, 15) is 19.2 Å². The molecular weight excluding hydrogens is 400 g/mol. The van der Waals surface area contributed by atoms with Gasteiger partial charge in [-0.1, -0.05) is 30.3 Å². The van der Waals surface area contributed by atoms with Crippen LogP contribution in [0.15, 0.2) is 66.4 Å². The first-order valence-corrected chi connectivity index (χ1v) is 9.80. The van der Waals surface area contributed by atoms with E-state index in [4.69, 9.17) is 9.47 Å². The van der Waals surface area contributed by atoms with E-state index in [-0.39, 0.29) is 25.5 Å². The lowest BCUT2D eigenvalue weighted by molar-refractivity contribution is -0.146. The largest absolute Gasteiger partial charge is 0.462 e. The Labute approximate surface area is 179 Å². The number of ether oxygens (including phenoxy) is 2. The highest BCUT2D eigenvalue weighted by Crippen LogP contribution is 2.25. The number of carbonyl (C=O) groups is 4. The van der Waals surface area contributed by atoms with Gasteiger partial charge in [0.05, 0.1) is 24.3 Å². The first-order valence-electron chi connectivity index (χ1n) is 9.80. The lowest BCUT2D eigenvalue weighted by atomic mass is 10.1. The van der Waals surface area contributed by atoms with Crippen LogP contribution in [0.4, 0.5) is 5.69 Å². The Morgan fingerprint density at radius 2 is 1.32 bits per heavy atom. The number of esters is 2. The monoisotopic (exact) mass is 422 g/mol. The van der Waals surface area contributed by atoms with Crippen molar-refractivity contribution in [2.24, 2.45) is 0 Å². The van der Waals surface area contributed by atoms with Gasteiger partial charge in [0.25, 0.3) is 11.8 Å². The fourth-order valence-corrected chi connectivity index (χ4v) is 3.10. The van der Waals surface area contributed by atoms with Crippen LogP contribution in [0.5, 0.6) is 0 Å². The molecule has 2 amide bonds. The summed E-state index contributed by atoms with van der Waals surface area (Å²) in [5, 5.41) is 0. The van der Waals surface area contributed by atoms with Gasteiger partial charge >= 0.3 is 11.9 Å². The predicted octanol–water partition coefficient (Wildman–Crippen LogP) is 2.76. The molecular formula is C23H22N2O6. The van der Waals surface area contributed by atoms with Crippen molar-refractivity contribution in [2.75, 3.05) is 24.8 Å². The summed E-state index contributed by atoms with van der Waals surface area (Å²) in [6.45, 7) is 3.17. The molecule has 0 radical (unpaired) electrons. The summed E-state index contributed by atoms with van der Waals surface area (Å²) in [4.78, 5) is 52.9. The topological polar surface area (TPSA) is 93.2 Å². The molecule has 0 bridgehead atoms. The molecule has 2 aromatic rings. The number of hydrogen-bond donors (Lipinski definition) is 0. The Hall–Kier alpha value is -3.94. The molecule has 0 fully saturated rings. The van der Waals surface area contributed by atoms with Crippen LogP contribution in [0.1, 0.15) is 34.6 Å². The van der Waals surface area contributed by atoms with Gasteiger partial charge in [-0.05, 0) is 38.1 Å². The number of para-hydroxylation sites is 1. The Morgan fingerprint density at radius 1 is 0.839 bits per heavy atom. The van der Waals surface area contributed by atoms with Crippen LogP contribution in [-0.4, -0.2) is 48.5 Å². The van der Waals surface area contributed by atoms with Crippen molar-refractivity contribution in [3.05, 3.63) is 77.5 Å². The van der Waals surface area contributed by atoms with Crippen LogP contribution < -0.4 is 4.90 Å². The third-order valence-corrected chi connectivity index (χ3v) is 4.54. The highest BCUT2D eigenvalue weighted by Gasteiger charge is 2.36. The first-order chi connectivity index (χ1) is 15.0. The fraction of sp³-hybridized carbons (Fsp3) is 0.217. The molecule has 3 rings (SSSR count). The van der Waals surface area contributed by atoms with Crippen molar-refractivity contribution in [1.29, 1.82) is 0 Å². The molecule has 0 unspecified atom stereocenters. The van der Waals surface area contributed by atoms with Crippen LogP contribution in [0.2, 0.25) is 0 Å². The number of anilines is 1. The average molecular weight is 422 g/mol. The van der Waals surface area contributed by atoms with Gasteiger partial charge in [-0.15, -0.1) is 0 Å². The summed E-state index contributed by atoms with van der Waals surface area (Å²) >= 11 is 0. The quantitative estimate of drug-likeness (QED) is 0.212. The van der Waals surface area contributed by atoms with Crippen LogP contribution in [-0.2, 0) is 19.1 Å². The van der Waals surface area contributed by atoms with Crippen molar-refractivity contribution in [3.63, 3.8) is 0 Å². The van der Waals surface area contributed by atoms with Gasteiger partial charge in [-0.25, -0.2) is 9.59 Å². The van der Waals surface area contributed by atoms with E-state index in [2.05, 4.69) is 0 Å². The molecule has 0 atom stereocenters. The summed E-state index contributed by atoms with van der Waals surface area (Å²) in [6.07, 6.45) is 1.24. The Kier molecular flexibility index (Phi) is 6.81. The summed E-state index contributed by atoms with van der Waals surface area (Å²) in [5.74, 6) is -2.62. The van der Waals surface area contributed by atoms with Crippen LogP contribution in [0.25, 0.3) is 0 Å². The predicted molar refractivity (Wildman–Crippen MR) is 112 cm³/mol. The third-order valence-electron chi connectivity index (χ3n) is 4.54. The van der Waals surface area contributed by atoms with E-state index in [0.29, 0.717) is 16.8 Å². The minimum Gasteiger partial charge on any atom is -0.462 e. The van der Waals surface area contributed by atoms with E-state index in [1.165, 1.54) is 11.1 Å². The zero-order valence-corrected chi connectivity index (χ0v) is 17.2. The minimum atomic E-state index is -0.857. The highest BCUT2D eigenvalue weighted by molar-refractivity contribution is 6.21. The smallest absolute Gasteiger partial charge is 0.347 e. The maximum absolute atomic E-state index is 12.8. The molecule has 0 aliphatic carbocycles. The SMILES string of the molecule is CCOC(=O)C(=CN(CN1C(=O)c2ccccc2C1=O)c1ccccc1)C(=O)OCC. The van der Waals surface area contributed by atoms with Gasteiger partial charge in [0.1, 0.15) is 6.67 Å². The van der Waals surface area contributed by atoms with Gasteiger partial charge in [0.15, 0.2) is 5.57 Å². The number of imide groups is 1. The van der Waals surface area contributed by atoms with E-state index < -0.39 is 23.8 Å². The van der Waals surface area contributed by atoms with Crippen molar-refractivity contribution < 1.29 is 28.7 Å². The zero-order chi connectivity index (χ0) is 22.4. The molecule has 1 aliphatic rings. The third kappa shape index (κ3) is 4.63. The summed E-state index contributed by atoms with van der Waals surface area (Å²) in [7, 11) is 0. The maximum Gasteiger partial charge on any atom is 0.347 e. The zero-order valence-electron chi connectivity index (χ0n) is 17.2. The molecule has 31 heavy (non-hydrogen) atoms. The number of benzene rings is 2. The van der Waals surface area contributed by atoms with Gasteiger partial charge in [0.2, 0.25) is 0 Å². The van der Waals surface area contributed by atoms with Crippen LogP contribution >= 0.6 is 0 Å². The van der Waals surface area contributed by atoms with E-state index in [0.717, 1.165) is 4.90 Å². The summed E-state index contributed by atoms with van der Waals surface area (Å²) in [5.41, 5.74) is 0.829. The minimum absolute atomic E-state index is 0.0688. The Morgan fingerprint density at radius 3 is 1.81 bits per heavy atom. The number of hydrogen-bond acceptors (Lipinski definition) is 7. The maximum atomic E-state index is 12.8. The molecule has 0 aromatic heterocycles. The molecule has 160 valence electrons. The molecule has 8 heteroatoms. The Bertz CT molecular complexity index is 976. The van der Waals surface area contributed by atoms with Crippen LogP contribution in [0.3, 0.4) is 0 Å². The molecule has 0 saturated heterocycles. The number of nitrogens with zero attached hydrogens (tertiary/aromatic N) is 2.